The van der Waals surface area contributed by atoms with Gasteiger partial charge in [0.25, 0.3) is 5.91 Å². The zero-order valence-corrected chi connectivity index (χ0v) is 13.7. The first-order valence-electron chi connectivity index (χ1n) is 8.32. The molecule has 1 aliphatic carbocycles. The Labute approximate surface area is 146 Å². The van der Waals surface area contributed by atoms with Gasteiger partial charge in [-0.05, 0) is 41.8 Å². The molecule has 0 aliphatic heterocycles. The number of rotatable bonds is 4. The third-order valence-electron chi connectivity index (χ3n) is 4.83. The number of nitrogens with zero attached hydrogens (tertiary/aromatic N) is 1. The van der Waals surface area contributed by atoms with E-state index in [2.05, 4.69) is 22.4 Å². The molecule has 2 unspecified atom stereocenters. The van der Waals surface area contributed by atoms with Crippen LogP contribution < -0.4 is 11.1 Å². The maximum Gasteiger partial charge on any atom is 0.255 e. The van der Waals surface area contributed by atoms with E-state index in [1.54, 1.807) is 24.5 Å². The van der Waals surface area contributed by atoms with Gasteiger partial charge in [0.2, 0.25) is 0 Å². The van der Waals surface area contributed by atoms with Crippen LogP contribution in [0.2, 0.25) is 0 Å². The average molecular weight is 329 g/mol. The first-order valence-corrected chi connectivity index (χ1v) is 8.32. The molecule has 0 spiro atoms. The molecule has 124 valence electrons. The Balaban J connectivity index is 1.46. The lowest BCUT2D eigenvalue weighted by Crippen LogP contribution is -2.21. The smallest absolute Gasteiger partial charge is 0.255 e. The summed E-state index contributed by atoms with van der Waals surface area (Å²) in [5, 5.41) is 2.90. The van der Waals surface area contributed by atoms with Crippen LogP contribution in [0.1, 0.15) is 33.8 Å². The lowest BCUT2D eigenvalue weighted by atomic mass is 9.99. The third-order valence-corrected chi connectivity index (χ3v) is 4.83. The number of carbonyl (C=O) groups is 1. The molecule has 3 aromatic rings. The average Bonchev–Trinajstić information content (AvgIpc) is 3.37. The fraction of sp³-hybridized carbons (Fsp3) is 0.143. The molecule has 2 atom stereocenters. The number of pyridine rings is 1. The molecule has 4 rings (SSSR count). The minimum absolute atomic E-state index is 0.140. The van der Waals surface area contributed by atoms with Crippen LogP contribution >= 0.6 is 0 Å². The van der Waals surface area contributed by atoms with Crippen molar-refractivity contribution in [1.82, 2.24) is 4.98 Å². The lowest BCUT2D eigenvalue weighted by Gasteiger charge is -2.12. The summed E-state index contributed by atoms with van der Waals surface area (Å²) in [5.41, 5.74) is 10.0. The summed E-state index contributed by atoms with van der Waals surface area (Å²) in [6.45, 7) is 0. The van der Waals surface area contributed by atoms with Crippen molar-refractivity contribution in [3.63, 3.8) is 0 Å². The zero-order valence-electron chi connectivity index (χ0n) is 13.7. The van der Waals surface area contributed by atoms with Gasteiger partial charge in [-0.1, -0.05) is 42.5 Å². The van der Waals surface area contributed by atoms with Gasteiger partial charge < -0.3 is 11.1 Å². The highest BCUT2D eigenvalue weighted by atomic mass is 16.1. The number of anilines is 1. The van der Waals surface area contributed by atoms with Crippen molar-refractivity contribution < 1.29 is 4.79 Å². The highest BCUT2D eigenvalue weighted by molar-refractivity contribution is 6.04. The fourth-order valence-corrected chi connectivity index (χ4v) is 3.27. The Morgan fingerprint density at radius 3 is 2.36 bits per heavy atom. The third kappa shape index (κ3) is 3.04. The Morgan fingerprint density at radius 1 is 1.00 bits per heavy atom. The van der Waals surface area contributed by atoms with Crippen molar-refractivity contribution in [1.29, 1.82) is 0 Å². The molecule has 1 saturated carbocycles. The lowest BCUT2D eigenvalue weighted by molar-refractivity contribution is 0.102. The quantitative estimate of drug-likeness (QED) is 0.767. The summed E-state index contributed by atoms with van der Waals surface area (Å²) in [7, 11) is 0. The molecule has 4 nitrogen and oxygen atoms in total. The standard InChI is InChI=1S/C21H19N3O/c22-21(17-4-2-1-3-5-17)14-19(21)15-6-8-18(9-7-15)24-20(25)16-10-12-23-13-11-16/h1-13,19H,14,22H2,(H,24,25). The van der Waals surface area contributed by atoms with Gasteiger partial charge in [-0.25, -0.2) is 0 Å². The molecule has 25 heavy (non-hydrogen) atoms. The van der Waals surface area contributed by atoms with Gasteiger partial charge in [0, 0.05) is 35.1 Å². The highest BCUT2D eigenvalue weighted by Gasteiger charge is 2.52. The van der Waals surface area contributed by atoms with E-state index in [-0.39, 0.29) is 11.4 Å². The van der Waals surface area contributed by atoms with Crippen LogP contribution in [0, 0.1) is 0 Å². The van der Waals surface area contributed by atoms with Crippen LogP contribution in [-0.4, -0.2) is 10.9 Å². The molecular formula is C21H19N3O. The van der Waals surface area contributed by atoms with Gasteiger partial charge >= 0.3 is 0 Å². The number of amides is 1. The van der Waals surface area contributed by atoms with Crippen molar-refractivity contribution >= 4 is 11.6 Å². The van der Waals surface area contributed by atoms with Crippen LogP contribution in [0.25, 0.3) is 0 Å². The van der Waals surface area contributed by atoms with Gasteiger partial charge in [-0.3, -0.25) is 9.78 Å². The summed E-state index contributed by atoms with van der Waals surface area (Å²) in [6, 6.07) is 21.6. The number of carbonyl (C=O) groups excluding carboxylic acids is 1. The molecule has 0 bridgehead atoms. The van der Waals surface area contributed by atoms with E-state index in [1.807, 2.05) is 42.5 Å². The minimum Gasteiger partial charge on any atom is -0.322 e. The first kappa shape index (κ1) is 15.5. The van der Waals surface area contributed by atoms with Crippen LogP contribution in [0.15, 0.2) is 79.1 Å². The van der Waals surface area contributed by atoms with Crippen molar-refractivity contribution in [3.8, 4) is 0 Å². The molecule has 0 saturated heterocycles. The summed E-state index contributed by atoms with van der Waals surface area (Å²) in [4.78, 5) is 16.1. The largest absolute Gasteiger partial charge is 0.322 e. The van der Waals surface area contributed by atoms with Gasteiger partial charge in [0.1, 0.15) is 0 Å². The van der Waals surface area contributed by atoms with Crippen molar-refractivity contribution in [3.05, 3.63) is 95.8 Å². The van der Waals surface area contributed by atoms with Gasteiger partial charge in [0.05, 0.1) is 0 Å². The number of hydrogen-bond donors (Lipinski definition) is 2. The van der Waals surface area contributed by atoms with E-state index in [0.717, 1.165) is 12.1 Å². The Bertz CT molecular complexity index is 878. The maximum atomic E-state index is 12.2. The zero-order chi connectivity index (χ0) is 17.3. The Hall–Kier alpha value is -2.98. The van der Waals surface area contributed by atoms with Crippen LogP contribution in [0.4, 0.5) is 5.69 Å². The summed E-state index contributed by atoms with van der Waals surface area (Å²) >= 11 is 0. The SMILES string of the molecule is NC1(c2ccccc2)CC1c1ccc(NC(=O)c2ccncc2)cc1. The normalized spacial score (nSPS) is 21.6. The van der Waals surface area contributed by atoms with Crippen LogP contribution in [0.3, 0.4) is 0 Å². The summed E-state index contributed by atoms with van der Waals surface area (Å²) in [6.07, 6.45) is 4.16. The molecule has 1 aliphatic rings. The fourth-order valence-electron chi connectivity index (χ4n) is 3.27. The molecule has 1 heterocycles. The van der Waals surface area contributed by atoms with Gasteiger partial charge in [-0.15, -0.1) is 0 Å². The predicted molar refractivity (Wildman–Crippen MR) is 98.3 cm³/mol. The number of benzene rings is 2. The molecule has 2 aromatic carbocycles. The monoisotopic (exact) mass is 329 g/mol. The van der Waals surface area contributed by atoms with E-state index in [1.165, 1.54) is 11.1 Å². The predicted octanol–water partition coefficient (Wildman–Crippen LogP) is 3.68. The molecule has 4 heteroatoms. The second-order valence-electron chi connectivity index (χ2n) is 6.48. The van der Waals surface area contributed by atoms with E-state index >= 15 is 0 Å². The van der Waals surface area contributed by atoms with Gasteiger partial charge in [-0.2, -0.15) is 0 Å². The Morgan fingerprint density at radius 2 is 1.68 bits per heavy atom. The number of nitrogens with two attached hydrogens (primary N) is 1. The second-order valence-corrected chi connectivity index (χ2v) is 6.48. The second kappa shape index (κ2) is 6.15. The van der Waals surface area contributed by atoms with E-state index in [9.17, 15) is 4.79 Å². The van der Waals surface area contributed by atoms with E-state index in [4.69, 9.17) is 5.73 Å². The summed E-state index contributed by atoms with van der Waals surface area (Å²) in [5.74, 6) is 0.180. The van der Waals surface area contributed by atoms with Crippen LogP contribution in [-0.2, 0) is 5.54 Å². The number of aromatic nitrogens is 1. The minimum atomic E-state index is -0.275. The molecule has 1 aromatic heterocycles. The van der Waals surface area contributed by atoms with Crippen molar-refractivity contribution in [2.45, 2.75) is 17.9 Å². The molecule has 3 N–H and O–H groups in total. The topological polar surface area (TPSA) is 68.0 Å². The van der Waals surface area contributed by atoms with Crippen LogP contribution in [0.5, 0.6) is 0 Å². The molecule has 1 fully saturated rings. The number of hydrogen-bond acceptors (Lipinski definition) is 3. The van der Waals surface area contributed by atoms with Crippen molar-refractivity contribution in [2.75, 3.05) is 5.32 Å². The maximum absolute atomic E-state index is 12.2. The first-order chi connectivity index (χ1) is 12.2. The molecular weight excluding hydrogens is 310 g/mol. The Kier molecular flexibility index (Phi) is 3.82. The van der Waals surface area contributed by atoms with Gasteiger partial charge in [0.15, 0.2) is 0 Å². The highest BCUT2D eigenvalue weighted by Crippen LogP contribution is 2.56. The van der Waals surface area contributed by atoms with Crippen molar-refractivity contribution in [2.24, 2.45) is 5.73 Å². The van der Waals surface area contributed by atoms with E-state index in [0.29, 0.717) is 11.5 Å². The van der Waals surface area contributed by atoms with E-state index < -0.39 is 0 Å². The molecule has 0 radical (unpaired) electrons. The molecule has 1 amide bonds. The number of nitrogens with one attached hydrogen (secondary N) is 1. The summed E-state index contributed by atoms with van der Waals surface area (Å²) < 4.78 is 0.